The summed E-state index contributed by atoms with van der Waals surface area (Å²) in [6, 6.07) is 8.53. The smallest absolute Gasteiger partial charge is 0.0537 e. The van der Waals surface area contributed by atoms with Gasteiger partial charge in [0.1, 0.15) is 0 Å². The third-order valence-corrected chi connectivity index (χ3v) is 3.86. The Labute approximate surface area is 96.4 Å². The predicted octanol–water partition coefficient (Wildman–Crippen LogP) is 3.18. The number of hydrogen-bond acceptors (Lipinski definition) is 1. The molecule has 1 unspecified atom stereocenters. The standard InChI is InChI=1S/C13H17ClO/c1-11-4-2-3-5-12(11)8-13(9-14)6-7-15-10-13/h2-5H,6-10H2,1H3. The Kier molecular flexibility index (Phi) is 3.32. The number of aryl methyl sites for hydroxylation is 1. The summed E-state index contributed by atoms with van der Waals surface area (Å²) in [5.74, 6) is 0.696. The summed E-state index contributed by atoms with van der Waals surface area (Å²) in [5.41, 5.74) is 2.94. The van der Waals surface area contributed by atoms with Crippen molar-refractivity contribution in [3.05, 3.63) is 35.4 Å². The van der Waals surface area contributed by atoms with E-state index in [-0.39, 0.29) is 5.41 Å². The highest BCUT2D eigenvalue weighted by Crippen LogP contribution is 2.34. The number of ether oxygens (including phenoxy) is 1. The lowest BCUT2D eigenvalue weighted by molar-refractivity contribution is 0.161. The Balaban J connectivity index is 2.16. The lowest BCUT2D eigenvalue weighted by atomic mass is 9.82. The van der Waals surface area contributed by atoms with Crippen LogP contribution < -0.4 is 0 Å². The first kappa shape index (κ1) is 11.0. The zero-order valence-electron chi connectivity index (χ0n) is 9.13. The summed E-state index contributed by atoms with van der Waals surface area (Å²) in [5, 5.41) is 0. The Morgan fingerprint density at radius 2 is 2.20 bits per heavy atom. The molecule has 0 aromatic heterocycles. The minimum absolute atomic E-state index is 0.174. The predicted molar refractivity (Wildman–Crippen MR) is 63.5 cm³/mol. The molecule has 1 atom stereocenters. The minimum atomic E-state index is 0.174. The maximum Gasteiger partial charge on any atom is 0.0537 e. The molecule has 0 bridgehead atoms. The van der Waals surface area contributed by atoms with Gasteiger partial charge in [0.05, 0.1) is 6.61 Å². The average Bonchev–Trinajstić information content (AvgIpc) is 2.71. The van der Waals surface area contributed by atoms with Gasteiger partial charge in [-0.2, -0.15) is 0 Å². The molecule has 0 amide bonds. The van der Waals surface area contributed by atoms with Gasteiger partial charge < -0.3 is 4.74 Å². The molecular formula is C13H17ClO. The van der Waals surface area contributed by atoms with Crippen LogP contribution in [0, 0.1) is 12.3 Å². The van der Waals surface area contributed by atoms with Crippen LogP contribution in [0.4, 0.5) is 0 Å². The fourth-order valence-corrected chi connectivity index (χ4v) is 2.46. The van der Waals surface area contributed by atoms with Crippen molar-refractivity contribution in [1.82, 2.24) is 0 Å². The van der Waals surface area contributed by atoms with Gasteiger partial charge in [0.15, 0.2) is 0 Å². The van der Waals surface area contributed by atoms with Crippen molar-refractivity contribution < 1.29 is 4.74 Å². The second-order valence-electron chi connectivity index (χ2n) is 4.54. The molecule has 0 aliphatic carbocycles. The number of hydrogen-bond donors (Lipinski definition) is 0. The van der Waals surface area contributed by atoms with Gasteiger partial charge in [0.2, 0.25) is 0 Å². The second-order valence-corrected chi connectivity index (χ2v) is 4.81. The number of halogens is 1. The monoisotopic (exact) mass is 224 g/mol. The van der Waals surface area contributed by atoms with Crippen LogP contribution >= 0.6 is 11.6 Å². The van der Waals surface area contributed by atoms with Gasteiger partial charge in [-0.25, -0.2) is 0 Å². The van der Waals surface area contributed by atoms with E-state index in [1.165, 1.54) is 11.1 Å². The normalized spacial score (nSPS) is 25.7. The number of rotatable bonds is 3. The van der Waals surface area contributed by atoms with E-state index in [1.54, 1.807) is 0 Å². The van der Waals surface area contributed by atoms with Gasteiger partial charge in [0, 0.05) is 17.9 Å². The van der Waals surface area contributed by atoms with Crippen molar-refractivity contribution in [2.45, 2.75) is 19.8 Å². The minimum Gasteiger partial charge on any atom is -0.381 e. The highest BCUT2D eigenvalue weighted by molar-refractivity contribution is 6.18. The second kappa shape index (κ2) is 4.54. The van der Waals surface area contributed by atoms with Crippen molar-refractivity contribution in [3.8, 4) is 0 Å². The third kappa shape index (κ3) is 2.35. The zero-order chi connectivity index (χ0) is 10.7. The van der Waals surface area contributed by atoms with E-state index in [1.807, 2.05) is 0 Å². The molecule has 1 aliphatic heterocycles. The third-order valence-electron chi connectivity index (χ3n) is 3.30. The summed E-state index contributed by atoms with van der Waals surface area (Å²) in [6.45, 7) is 3.83. The van der Waals surface area contributed by atoms with Gasteiger partial charge >= 0.3 is 0 Å². The van der Waals surface area contributed by atoms with E-state index in [0.717, 1.165) is 26.1 Å². The molecule has 15 heavy (non-hydrogen) atoms. The first-order chi connectivity index (χ1) is 7.26. The quantitative estimate of drug-likeness (QED) is 0.717. The highest BCUT2D eigenvalue weighted by Gasteiger charge is 2.34. The van der Waals surface area contributed by atoms with E-state index >= 15 is 0 Å². The fourth-order valence-electron chi connectivity index (χ4n) is 2.15. The lowest BCUT2D eigenvalue weighted by Crippen LogP contribution is -2.26. The Morgan fingerprint density at radius 1 is 1.40 bits per heavy atom. The summed E-state index contributed by atoms with van der Waals surface area (Å²) >= 11 is 6.09. The average molecular weight is 225 g/mol. The Bertz CT molecular complexity index is 329. The molecule has 0 saturated carbocycles. The molecule has 1 heterocycles. The highest BCUT2D eigenvalue weighted by atomic mass is 35.5. The van der Waals surface area contributed by atoms with Crippen LogP contribution in [-0.4, -0.2) is 19.1 Å². The van der Waals surface area contributed by atoms with E-state index in [0.29, 0.717) is 5.88 Å². The van der Waals surface area contributed by atoms with Crippen molar-refractivity contribution >= 4 is 11.6 Å². The van der Waals surface area contributed by atoms with Crippen LogP contribution in [0.25, 0.3) is 0 Å². The summed E-state index contributed by atoms with van der Waals surface area (Å²) in [6.07, 6.45) is 2.13. The molecule has 1 aliphatic rings. The van der Waals surface area contributed by atoms with Crippen molar-refractivity contribution in [3.63, 3.8) is 0 Å². The van der Waals surface area contributed by atoms with Gasteiger partial charge in [-0.3, -0.25) is 0 Å². The van der Waals surface area contributed by atoms with Gasteiger partial charge in [-0.1, -0.05) is 24.3 Å². The Hall–Kier alpha value is -0.530. The van der Waals surface area contributed by atoms with Crippen LogP contribution in [0.1, 0.15) is 17.5 Å². The van der Waals surface area contributed by atoms with E-state index in [2.05, 4.69) is 31.2 Å². The molecule has 0 radical (unpaired) electrons. The number of alkyl halides is 1. The lowest BCUT2D eigenvalue weighted by Gasteiger charge is -2.25. The first-order valence-electron chi connectivity index (χ1n) is 5.44. The molecule has 1 aromatic rings. The summed E-state index contributed by atoms with van der Waals surface area (Å²) in [7, 11) is 0. The van der Waals surface area contributed by atoms with Crippen molar-refractivity contribution in [2.24, 2.45) is 5.41 Å². The van der Waals surface area contributed by atoms with Crippen LogP contribution in [0.3, 0.4) is 0 Å². The van der Waals surface area contributed by atoms with Crippen molar-refractivity contribution in [2.75, 3.05) is 19.1 Å². The molecule has 82 valence electrons. The van der Waals surface area contributed by atoms with E-state index in [9.17, 15) is 0 Å². The molecule has 1 fully saturated rings. The maximum atomic E-state index is 6.09. The fraction of sp³-hybridized carbons (Fsp3) is 0.538. The number of benzene rings is 1. The SMILES string of the molecule is Cc1ccccc1CC1(CCl)CCOC1. The van der Waals surface area contributed by atoms with Crippen LogP contribution in [0.5, 0.6) is 0 Å². The van der Waals surface area contributed by atoms with Crippen LogP contribution in [-0.2, 0) is 11.2 Å². The molecular weight excluding hydrogens is 208 g/mol. The molecule has 1 nitrogen and oxygen atoms in total. The van der Waals surface area contributed by atoms with E-state index < -0.39 is 0 Å². The van der Waals surface area contributed by atoms with Crippen LogP contribution in [0.15, 0.2) is 24.3 Å². The summed E-state index contributed by atoms with van der Waals surface area (Å²) < 4.78 is 5.48. The van der Waals surface area contributed by atoms with Crippen molar-refractivity contribution in [1.29, 1.82) is 0 Å². The van der Waals surface area contributed by atoms with Crippen LogP contribution in [0.2, 0.25) is 0 Å². The topological polar surface area (TPSA) is 9.23 Å². The molecule has 2 heteroatoms. The summed E-state index contributed by atoms with van der Waals surface area (Å²) in [4.78, 5) is 0. The molecule has 2 rings (SSSR count). The van der Waals surface area contributed by atoms with Gasteiger partial charge in [-0.15, -0.1) is 11.6 Å². The zero-order valence-corrected chi connectivity index (χ0v) is 9.89. The largest absolute Gasteiger partial charge is 0.381 e. The van der Waals surface area contributed by atoms with Gasteiger partial charge in [0.25, 0.3) is 0 Å². The van der Waals surface area contributed by atoms with Gasteiger partial charge in [-0.05, 0) is 30.9 Å². The molecule has 0 N–H and O–H groups in total. The molecule has 1 aromatic carbocycles. The van der Waals surface area contributed by atoms with E-state index in [4.69, 9.17) is 16.3 Å². The molecule has 0 spiro atoms. The maximum absolute atomic E-state index is 6.09. The Morgan fingerprint density at radius 3 is 2.80 bits per heavy atom. The molecule has 1 saturated heterocycles. The first-order valence-corrected chi connectivity index (χ1v) is 5.97.